The topological polar surface area (TPSA) is 78.1 Å². The molecule has 8 heteroatoms. The summed E-state index contributed by atoms with van der Waals surface area (Å²) in [6.45, 7) is -0.0538. The Morgan fingerprint density at radius 3 is 2.67 bits per heavy atom. The molecule has 0 saturated carbocycles. The van der Waals surface area contributed by atoms with Gasteiger partial charge in [-0.1, -0.05) is 18.2 Å². The summed E-state index contributed by atoms with van der Waals surface area (Å²) in [7, 11) is 0. The van der Waals surface area contributed by atoms with Gasteiger partial charge in [0.25, 0.3) is 5.91 Å². The molecule has 1 atom stereocenters. The van der Waals surface area contributed by atoms with Crippen LogP contribution in [0.15, 0.2) is 54.7 Å². The van der Waals surface area contributed by atoms with Gasteiger partial charge in [-0.05, 0) is 35.7 Å². The Hall–Kier alpha value is -3.31. The van der Waals surface area contributed by atoms with Crippen molar-refractivity contribution in [3.63, 3.8) is 0 Å². The van der Waals surface area contributed by atoms with Crippen LogP contribution in [0.5, 0.6) is 0 Å². The van der Waals surface area contributed by atoms with Crippen molar-refractivity contribution in [2.24, 2.45) is 0 Å². The monoisotopic (exact) mass is 373 g/mol. The molecule has 0 saturated heterocycles. The lowest BCUT2D eigenvalue weighted by Gasteiger charge is -2.15. The molecule has 1 amide bonds. The van der Waals surface area contributed by atoms with Crippen molar-refractivity contribution in [1.82, 2.24) is 4.57 Å². The number of benzene rings is 2. The number of rotatable bonds is 4. The number of aliphatic hydroxyl groups excluding tert-OH is 1. The van der Waals surface area contributed by atoms with Gasteiger partial charge in [-0.15, -0.1) is 0 Å². The first-order valence-corrected chi connectivity index (χ1v) is 7.94. The number of carbonyl (C=O) groups is 1. The van der Waals surface area contributed by atoms with Crippen LogP contribution >= 0.6 is 0 Å². The predicted molar refractivity (Wildman–Crippen MR) is 92.7 cm³/mol. The van der Waals surface area contributed by atoms with Crippen LogP contribution in [0.25, 0.3) is 10.9 Å². The maximum absolute atomic E-state index is 13.0. The van der Waals surface area contributed by atoms with Crippen molar-refractivity contribution in [2.45, 2.75) is 18.8 Å². The van der Waals surface area contributed by atoms with Gasteiger partial charge in [-0.25, -0.2) is 0 Å². The predicted octanol–water partition coefficient (Wildman–Crippen LogP) is 3.53. The zero-order valence-corrected chi connectivity index (χ0v) is 13.9. The van der Waals surface area contributed by atoms with Crippen LogP contribution in [0.3, 0.4) is 0 Å². The number of para-hydroxylation sites is 1. The van der Waals surface area contributed by atoms with Crippen LogP contribution in [-0.2, 0) is 17.5 Å². The van der Waals surface area contributed by atoms with E-state index < -0.39 is 29.3 Å². The van der Waals surface area contributed by atoms with Crippen molar-refractivity contribution < 1.29 is 23.1 Å². The normalized spacial score (nSPS) is 12.6. The molecule has 0 bridgehead atoms. The van der Waals surface area contributed by atoms with Crippen LogP contribution in [0.1, 0.15) is 11.1 Å². The van der Waals surface area contributed by atoms with Crippen molar-refractivity contribution in [3.8, 4) is 6.07 Å². The summed E-state index contributed by atoms with van der Waals surface area (Å²) < 4.78 is 40.7. The molecule has 2 aromatic carbocycles. The van der Waals surface area contributed by atoms with Crippen molar-refractivity contribution in [1.29, 1.82) is 5.26 Å². The fourth-order valence-corrected chi connectivity index (χ4v) is 2.75. The summed E-state index contributed by atoms with van der Waals surface area (Å²) in [5, 5.41) is 22.1. The minimum Gasteiger partial charge on any atom is -0.381 e. The van der Waals surface area contributed by atoms with E-state index in [1.807, 2.05) is 30.3 Å². The Bertz CT molecular complexity index is 1030. The van der Waals surface area contributed by atoms with Crippen LogP contribution < -0.4 is 5.32 Å². The number of nitrogens with one attached hydrogen (secondary N) is 1. The molecule has 0 radical (unpaired) electrons. The molecular weight excluding hydrogens is 359 g/mol. The molecule has 0 unspecified atom stereocenters. The van der Waals surface area contributed by atoms with Crippen LogP contribution in [-0.4, -0.2) is 21.7 Å². The second-order valence-corrected chi connectivity index (χ2v) is 5.90. The second-order valence-electron chi connectivity index (χ2n) is 5.90. The number of hydrogen-bond donors (Lipinski definition) is 2. The largest absolute Gasteiger partial charge is 0.417 e. The van der Waals surface area contributed by atoms with E-state index in [0.717, 1.165) is 17.0 Å². The van der Waals surface area contributed by atoms with Crippen LogP contribution in [0, 0.1) is 11.3 Å². The van der Waals surface area contributed by atoms with Crippen molar-refractivity contribution in [2.75, 3.05) is 5.32 Å². The molecule has 0 aliphatic rings. The third-order valence-electron chi connectivity index (χ3n) is 4.07. The van der Waals surface area contributed by atoms with E-state index in [4.69, 9.17) is 5.26 Å². The number of halogens is 3. The number of anilines is 1. The molecule has 0 spiro atoms. The van der Waals surface area contributed by atoms with Crippen molar-refractivity contribution in [3.05, 3.63) is 65.9 Å². The zero-order chi connectivity index (χ0) is 19.6. The first kappa shape index (κ1) is 18.5. The molecule has 2 N–H and O–H groups in total. The first-order valence-electron chi connectivity index (χ1n) is 7.94. The van der Waals surface area contributed by atoms with Gasteiger partial charge in [-0.2, -0.15) is 18.4 Å². The molecule has 3 rings (SSSR count). The lowest BCUT2D eigenvalue weighted by atomic mass is 10.1. The van der Waals surface area contributed by atoms with Gasteiger partial charge in [0.05, 0.1) is 23.7 Å². The summed E-state index contributed by atoms with van der Waals surface area (Å²) in [6.07, 6.45) is -4.48. The summed E-state index contributed by atoms with van der Waals surface area (Å²) in [4.78, 5) is 12.2. The molecule has 0 aliphatic carbocycles. The number of fused-ring (bicyclic) bond motifs is 1. The Morgan fingerprint density at radius 1 is 1.22 bits per heavy atom. The van der Waals surface area contributed by atoms with Gasteiger partial charge in [-0.3, -0.25) is 4.79 Å². The Morgan fingerprint density at radius 2 is 1.96 bits per heavy atom. The van der Waals surface area contributed by atoms with Gasteiger partial charge in [0.1, 0.15) is 0 Å². The van der Waals surface area contributed by atoms with E-state index in [1.165, 1.54) is 12.1 Å². The summed E-state index contributed by atoms with van der Waals surface area (Å²) in [5.74, 6) is -0.842. The Labute approximate surface area is 152 Å². The molecule has 5 nitrogen and oxygen atoms in total. The first-order chi connectivity index (χ1) is 12.8. The fraction of sp³-hybridized carbons (Fsp3) is 0.158. The highest BCUT2D eigenvalue weighted by Gasteiger charge is 2.34. The highest BCUT2D eigenvalue weighted by Crippen LogP contribution is 2.33. The van der Waals surface area contributed by atoms with Crippen molar-refractivity contribution >= 4 is 22.5 Å². The number of aliphatic hydroxyl groups is 1. The van der Waals surface area contributed by atoms with Gasteiger partial charge in [0.15, 0.2) is 6.10 Å². The number of nitriles is 1. The fourth-order valence-electron chi connectivity index (χ4n) is 2.75. The molecule has 3 aromatic rings. The van der Waals surface area contributed by atoms with Crippen LogP contribution in [0.2, 0.25) is 0 Å². The van der Waals surface area contributed by atoms with E-state index in [2.05, 4.69) is 5.32 Å². The molecule has 1 heterocycles. The maximum atomic E-state index is 13.0. The molecule has 0 aliphatic heterocycles. The average molecular weight is 373 g/mol. The summed E-state index contributed by atoms with van der Waals surface area (Å²) >= 11 is 0. The van der Waals surface area contributed by atoms with E-state index in [0.29, 0.717) is 6.07 Å². The number of alkyl halides is 3. The molecule has 27 heavy (non-hydrogen) atoms. The quantitative estimate of drug-likeness (QED) is 0.734. The summed E-state index contributed by atoms with van der Waals surface area (Å²) in [5.41, 5.74) is -1.02. The average Bonchev–Trinajstić information content (AvgIpc) is 3.04. The highest BCUT2D eigenvalue weighted by atomic mass is 19.4. The third-order valence-corrected chi connectivity index (χ3v) is 4.07. The van der Waals surface area contributed by atoms with Crippen LogP contribution in [0.4, 0.5) is 18.9 Å². The summed E-state index contributed by atoms with van der Waals surface area (Å²) in [6, 6.07) is 13.5. The van der Waals surface area contributed by atoms with Gasteiger partial charge < -0.3 is 15.0 Å². The number of nitrogens with zero attached hydrogens (tertiary/aromatic N) is 2. The molecule has 0 fully saturated rings. The third kappa shape index (κ3) is 3.93. The van der Waals surface area contributed by atoms with Gasteiger partial charge >= 0.3 is 6.18 Å². The van der Waals surface area contributed by atoms with E-state index in [9.17, 15) is 23.1 Å². The second kappa shape index (κ2) is 7.13. The van der Waals surface area contributed by atoms with E-state index in [-0.39, 0.29) is 12.2 Å². The minimum atomic E-state index is -4.73. The number of aromatic nitrogens is 1. The SMILES string of the molecule is N#Cc1ccc(NC(=O)[C@@H](O)Cn2ccc3ccccc32)cc1C(F)(F)F. The lowest BCUT2D eigenvalue weighted by molar-refractivity contribution is -0.137. The molecule has 1 aromatic heterocycles. The van der Waals surface area contributed by atoms with Gasteiger partial charge in [0, 0.05) is 17.4 Å². The van der Waals surface area contributed by atoms with Gasteiger partial charge in [0.2, 0.25) is 0 Å². The van der Waals surface area contributed by atoms with E-state index >= 15 is 0 Å². The smallest absolute Gasteiger partial charge is 0.381 e. The number of hydrogen-bond acceptors (Lipinski definition) is 3. The number of amides is 1. The van der Waals surface area contributed by atoms with E-state index in [1.54, 1.807) is 10.8 Å². The maximum Gasteiger partial charge on any atom is 0.417 e. The zero-order valence-electron chi connectivity index (χ0n) is 13.9. The Balaban J connectivity index is 1.76. The standard InChI is InChI=1S/C19H14F3N3O2/c20-19(21,22)15-9-14(6-5-13(15)10-23)24-18(27)17(26)11-25-8-7-12-3-1-2-4-16(12)25/h1-9,17,26H,11H2,(H,24,27)/t17-/m0/s1. The Kier molecular flexibility index (Phi) is 4.88. The minimum absolute atomic E-state index is 0.0538. The molecular formula is C19H14F3N3O2. The number of carbonyl (C=O) groups excluding carboxylic acids is 1. The lowest BCUT2D eigenvalue weighted by Crippen LogP contribution is -2.31. The highest BCUT2D eigenvalue weighted by molar-refractivity contribution is 5.94. The molecule has 138 valence electrons.